The zero-order valence-corrected chi connectivity index (χ0v) is 16.9. The van der Waals surface area contributed by atoms with Crippen LogP contribution < -0.4 is 0 Å². The molecule has 1 aromatic carbocycles. The van der Waals surface area contributed by atoms with Gasteiger partial charge in [0.1, 0.15) is 6.61 Å². The highest BCUT2D eigenvalue weighted by Gasteiger charge is 2.36. The summed E-state index contributed by atoms with van der Waals surface area (Å²) in [6, 6.07) is 12.2. The highest BCUT2D eigenvalue weighted by molar-refractivity contribution is 7.09. The van der Waals surface area contributed by atoms with Crippen molar-refractivity contribution in [3.05, 3.63) is 57.8 Å². The van der Waals surface area contributed by atoms with Crippen molar-refractivity contribution in [1.82, 2.24) is 0 Å². The maximum atomic E-state index is 12.4. The topological polar surface area (TPSA) is 46.5 Å². The smallest absolute Gasteiger partial charge is 0.168 e. The molecule has 3 atom stereocenters. The molecule has 27 heavy (non-hydrogen) atoms. The number of aliphatic hydroxyl groups excluding tert-OH is 1. The van der Waals surface area contributed by atoms with Crippen molar-refractivity contribution in [3.8, 4) is 0 Å². The number of aliphatic hydroxyl groups is 1. The highest BCUT2D eigenvalue weighted by atomic mass is 32.1. The average Bonchev–Trinajstić information content (AvgIpc) is 3.32. The van der Waals surface area contributed by atoms with Gasteiger partial charge in [-0.2, -0.15) is 0 Å². The van der Waals surface area contributed by atoms with Crippen LogP contribution in [0.25, 0.3) is 0 Å². The highest BCUT2D eigenvalue weighted by Crippen LogP contribution is 2.33. The molecule has 4 heteroatoms. The van der Waals surface area contributed by atoms with E-state index in [0.717, 1.165) is 56.1 Å². The molecule has 0 bridgehead atoms. The maximum absolute atomic E-state index is 12.4. The monoisotopic (exact) mass is 386 g/mol. The largest absolute Gasteiger partial charge is 0.388 e. The molecule has 1 fully saturated rings. The normalized spacial score (nSPS) is 20.9. The van der Waals surface area contributed by atoms with Gasteiger partial charge in [-0.3, -0.25) is 4.79 Å². The number of ether oxygens (including phenoxy) is 1. The second-order valence-corrected chi connectivity index (χ2v) is 8.48. The molecule has 3 rings (SSSR count). The summed E-state index contributed by atoms with van der Waals surface area (Å²) in [5.41, 5.74) is 1.96. The molecule has 1 N–H and O–H groups in total. The van der Waals surface area contributed by atoms with E-state index in [0.29, 0.717) is 0 Å². The minimum atomic E-state index is -0.414. The van der Waals surface area contributed by atoms with Crippen molar-refractivity contribution in [2.75, 3.05) is 6.61 Å². The van der Waals surface area contributed by atoms with Crippen LogP contribution in [0.3, 0.4) is 0 Å². The van der Waals surface area contributed by atoms with Crippen molar-refractivity contribution < 1.29 is 14.6 Å². The van der Waals surface area contributed by atoms with Crippen molar-refractivity contribution in [1.29, 1.82) is 0 Å². The van der Waals surface area contributed by atoms with Crippen LogP contribution in [0.2, 0.25) is 0 Å². The number of carbonyl (C=O) groups is 1. The fraction of sp³-hybridized carbons (Fsp3) is 0.522. The van der Waals surface area contributed by atoms with E-state index in [9.17, 15) is 9.90 Å². The molecule has 1 aliphatic heterocycles. The Balaban J connectivity index is 1.58. The average molecular weight is 387 g/mol. The van der Waals surface area contributed by atoms with Crippen LogP contribution in [-0.2, 0) is 16.0 Å². The first kappa shape index (κ1) is 20.2. The fourth-order valence-corrected chi connectivity index (χ4v) is 4.60. The lowest BCUT2D eigenvalue weighted by molar-refractivity contribution is -0.118. The summed E-state index contributed by atoms with van der Waals surface area (Å²) in [4.78, 5) is 13.8. The Kier molecular flexibility index (Phi) is 7.62. The number of hydrogen-bond acceptors (Lipinski definition) is 4. The number of Topliss-reactive ketones (excluding diaryl/α,β-unsaturated/α-hetero) is 1. The van der Waals surface area contributed by atoms with E-state index in [4.69, 9.17) is 4.74 Å². The summed E-state index contributed by atoms with van der Waals surface area (Å²) < 4.78 is 5.80. The summed E-state index contributed by atoms with van der Waals surface area (Å²) in [6.07, 6.45) is 6.67. The minimum Gasteiger partial charge on any atom is -0.388 e. The third-order valence-corrected chi connectivity index (χ3v) is 6.35. The fourth-order valence-electron chi connectivity index (χ4n) is 3.85. The third-order valence-electron chi connectivity index (χ3n) is 5.41. The molecule has 2 aromatic rings. The molecular weight excluding hydrogens is 356 g/mol. The molecule has 0 radical (unpaired) electrons. The van der Waals surface area contributed by atoms with Gasteiger partial charge in [-0.1, -0.05) is 56.5 Å². The minimum absolute atomic E-state index is 0.0298. The molecule has 0 spiro atoms. The second-order valence-electron chi connectivity index (χ2n) is 7.44. The van der Waals surface area contributed by atoms with E-state index in [1.165, 1.54) is 4.88 Å². The van der Waals surface area contributed by atoms with E-state index in [1.54, 1.807) is 11.3 Å². The lowest BCUT2D eigenvalue weighted by Gasteiger charge is -2.18. The van der Waals surface area contributed by atoms with Gasteiger partial charge in [0.05, 0.1) is 18.1 Å². The summed E-state index contributed by atoms with van der Waals surface area (Å²) >= 11 is 1.78. The Bertz CT molecular complexity index is 693. The van der Waals surface area contributed by atoms with Crippen LogP contribution in [0, 0.1) is 0 Å². The number of carbonyl (C=O) groups excluding carboxylic acids is 1. The van der Waals surface area contributed by atoms with Crippen LogP contribution in [0.4, 0.5) is 0 Å². The predicted octanol–water partition coefficient (Wildman–Crippen LogP) is 5.44. The molecule has 146 valence electrons. The lowest BCUT2D eigenvalue weighted by atomic mass is 9.88. The van der Waals surface area contributed by atoms with E-state index in [-0.39, 0.29) is 24.4 Å². The van der Waals surface area contributed by atoms with Gasteiger partial charge in [0.2, 0.25) is 0 Å². The summed E-state index contributed by atoms with van der Waals surface area (Å²) in [5, 5.41) is 12.4. The first-order valence-corrected chi connectivity index (χ1v) is 11.0. The zero-order chi connectivity index (χ0) is 19.1. The number of hydrogen-bond donors (Lipinski definition) is 1. The Labute approximate surface area is 166 Å². The number of aryl methyl sites for hydroxylation is 1. The van der Waals surface area contributed by atoms with Crippen LogP contribution in [0.5, 0.6) is 0 Å². The Morgan fingerprint density at radius 3 is 2.70 bits per heavy atom. The van der Waals surface area contributed by atoms with Gasteiger partial charge in [-0.05, 0) is 48.3 Å². The molecule has 1 saturated heterocycles. The number of unbranched alkanes of at least 4 members (excludes halogenated alkanes) is 2. The molecule has 3 unspecified atom stereocenters. The third kappa shape index (κ3) is 5.50. The van der Waals surface area contributed by atoms with Gasteiger partial charge in [-0.25, -0.2) is 0 Å². The van der Waals surface area contributed by atoms with Gasteiger partial charge in [0.25, 0.3) is 0 Å². The first-order valence-electron chi connectivity index (χ1n) is 10.1. The molecule has 0 saturated carbocycles. The zero-order valence-electron chi connectivity index (χ0n) is 16.1. The SMILES string of the molecule is CCCCCC(O)c1ccc(C2C(=O)COC2CCCc2cccs2)cc1. The standard InChI is InChI=1S/C23H30O3S/c1-2-3-4-9-20(24)17-11-13-18(14-12-17)23-21(25)16-26-22(23)10-5-7-19-8-6-15-27-19/h6,8,11-15,20,22-24H,2-5,7,9-10,16H2,1H3. The van der Waals surface area contributed by atoms with Crippen molar-refractivity contribution in [2.24, 2.45) is 0 Å². The number of ketones is 1. The molecule has 0 amide bonds. The lowest BCUT2D eigenvalue weighted by Crippen LogP contribution is -2.18. The summed E-state index contributed by atoms with van der Waals surface area (Å²) in [5.74, 6) is 0.00647. The maximum Gasteiger partial charge on any atom is 0.168 e. The molecule has 1 aromatic heterocycles. The first-order chi connectivity index (χ1) is 13.2. The van der Waals surface area contributed by atoms with Crippen molar-refractivity contribution >= 4 is 17.1 Å². The van der Waals surface area contributed by atoms with Crippen LogP contribution in [-0.4, -0.2) is 23.6 Å². The number of benzene rings is 1. The van der Waals surface area contributed by atoms with E-state index in [2.05, 4.69) is 24.4 Å². The molecule has 3 nitrogen and oxygen atoms in total. The summed E-state index contributed by atoms with van der Waals surface area (Å²) in [6.45, 7) is 2.38. The molecule has 1 aliphatic rings. The van der Waals surface area contributed by atoms with Crippen LogP contribution in [0.1, 0.15) is 73.5 Å². The quantitative estimate of drug-likeness (QED) is 0.553. The second kappa shape index (κ2) is 10.2. The van der Waals surface area contributed by atoms with Crippen molar-refractivity contribution in [2.45, 2.75) is 70.0 Å². The summed E-state index contributed by atoms with van der Waals surface area (Å²) in [7, 11) is 0. The van der Waals surface area contributed by atoms with Crippen LogP contribution in [0.15, 0.2) is 41.8 Å². The Morgan fingerprint density at radius 2 is 2.00 bits per heavy atom. The van der Waals surface area contributed by atoms with E-state index < -0.39 is 6.10 Å². The van der Waals surface area contributed by atoms with Crippen LogP contribution >= 0.6 is 11.3 Å². The van der Waals surface area contributed by atoms with Crippen molar-refractivity contribution in [3.63, 3.8) is 0 Å². The number of rotatable bonds is 10. The van der Waals surface area contributed by atoms with E-state index in [1.807, 2.05) is 24.3 Å². The van der Waals surface area contributed by atoms with Gasteiger partial charge < -0.3 is 9.84 Å². The van der Waals surface area contributed by atoms with E-state index >= 15 is 0 Å². The molecule has 0 aliphatic carbocycles. The molecule has 2 heterocycles. The Morgan fingerprint density at radius 1 is 1.19 bits per heavy atom. The van der Waals surface area contributed by atoms with Gasteiger partial charge in [-0.15, -0.1) is 11.3 Å². The predicted molar refractivity (Wildman–Crippen MR) is 110 cm³/mol. The van der Waals surface area contributed by atoms with Gasteiger partial charge >= 0.3 is 0 Å². The Hall–Kier alpha value is -1.49. The molecular formula is C23H30O3S. The van der Waals surface area contributed by atoms with Gasteiger partial charge in [0, 0.05) is 4.88 Å². The number of thiophene rings is 1. The van der Waals surface area contributed by atoms with Gasteiger partial charge in [0.15, 0.2) is 5.78 Å².